The number of fused-ring (bicyclic) bond motifs is 2. The van der Waals surface area contributed by atoms with Gasteiger partial charge in [0.05, 0.1) is 5.39 Å². The largest absolute Gasteiger partial charge is 0.508 e. The molecule has 3 N–H and O–H groups in total. The second-order valence-electron chi connectivity index (χ2n) is 6.54. The lowest BCUT2D eigenvalue weighted by molar-refractivity contribution is 0.0946. The fourth-order valence-corrected chi connectivity index (χ4v) is 3.63. The average molecular weight is 349 g/mol. The summed E-state index contributed by atoms with van der Waals surface area (Å²) >= 11 is 0. The first-order chi connectivity index (χ1) is 12.6. The van der Waals surface area contributed by atoms with Crippen LogP contribution in [0.15, 0.2) is 41.2 Å². The molecule has 0 fully saturated rings. The number of aromatic amines is 1. The van der Waals surface area contributed by atoms with Gasteiger partial charge >= 0.3 is 0 Å². The third-order valence-corrected chi connectivity index (χ3v) is 4.96. The number of amides is 1. The van der Waals surface area contributed by atoms with Crippen LogP contribution in [0.2, 0.25) is 0 Å². The molecule has 0 atom stereocenters. The minimum absolute atomic E-state index is 0.171. The summed E-state index contributed by atoms with van der Waals surface area (Å²) in [4.78, 5) is 24.5. The number of aryl methyl sites for hydroxylation is 1. The minimum atomic E-state index is -0.384. The molecule has 4 rings (SSSR count). The fraction of sp³-hybridized carbons (Fsp3) is 0.250. The number of carbonyl (C=O) groups is 1. The molecule has 1 aromatic heterocycles. The number of phenolic OH excluding ortho intramolecular Hbond substituents is 1. The van der Waals surface area contributed by atoms with Crippen LogP contribution in [0.3, 0.4) is 0 Å². The molecule has 0 unspecified atom stereocenters. The van der Waals surface area contributed by atoms with Crippen LogP contribution in [-0.4, -0.2) is 21.2 Å². The van der Waals surface area contributed by atoms with Gasteiger partial charge in [-0.15, -0.1) is 0 Å². The molecule has 0 bridgehead atoms. The number of hydrogen-bond acceptors (Lipinski definition) is 4. The maximum Gasteiger partial charge on any atom is 0.272 e. The second kappa shape index (κ2) is 6.63. The van der Waals surface area contributed by atoms with Gasteiger partial charge in [0.15, 0.2) is 5.69 Å². The summed E-state index contributed by atoms with van der Waals surface area (Å²) in [5.74, 6) is -0.185. The predicted molar refractivity (Wildman–Crippen MR) is 98.3 cm³/mol. The molecule has 1 aliphatic carbocycles. The zero-order valence-electron chi connectivity index (χ0n) is 14.2. The summed E-state index contributed by atoms with van der Waals surface area (Å²) in [6.45, 7) is 0.225. The van der Waals surface area contributed by atoms with E-state index in [9.17, 15) is 14.7 Å². The third-order valence-electron chi connectivity index (χ3n) is 4.96. The van der Waals surface area contributed by atoms with Crippen molar-refractivity contribution >= 4 is 16.7 Å². The summed E-state index contributed by atoms with van der Waals surface area (Å²) in [5.41, 5.74) is 2.99. The van der Waals surface area contributed by atoms with Crippen LogP contribution < -0.4 is 10.9 Å². The van der Waals surface area contributed by atoms with Crippen molar-refractivity contribution in [3.05, 3.63) is 69.1 Å². The average Bonchev–Trinajstić information content (AvgIpc) is 2.67. The Kier molecular flexibility index (Phi) is 4.16. The number of rotatable bonds is 3. The summed E-state index contributed by atoms with van der Waals surface area (Å²) < 4.78 is 0. The number of H-pyrrole nitrogens is 1. The van der Waals surface area contributed by atoms with Gasteiger partial charge < -0.3 is 10.4 Å². The van der Waals surface area contributed by atoms with Crippen LogP contribution in [0.25, 0.3) is 10.8 Å². The monoisotopic (exact) mass is 349 g/mol. The van der Waals surface area contributed by atoms with E-state index in [0.29, 0.717) is 10.8 Å². The summed E-state index contributed by atoms with van der Waals surface area (Å²) in [7, 11) is 0. The minimum Gasteiger partial charge on any atom is -0.508 e. The van der Waals surface area contributed by atoms with Crippen molar-refractivity contribution in [3.8, 4) is 5.75 Å². The van der Waals surface area contributed by atoms with Gasteiger partial charge in [-0.05, 0) is 48.9 Å². The van der Waals surface area contributed by atoms with E-state index in [4.69, 9.17) is 0 Å². The zero-order valence-corrected chi connectivity index (χ0v) is 14.2. The maximum atomic E-state index is 12.6. The Morgan fingerprint density at radius 1 is 1.12 bits per heavy atom. The Bertz CT molecular complexity index is 1060. The summed E-state index contributed by atoms with van der Waals surface area (Å²) in [6, 6.07) is 10.5. The lowest BCUT2D eigenvalue weighted by Gasteiger charge is -2.20. The lowest BCUT2D eigenvalue weighted by atomic mass is 9.87. The molecule has 1 heterocycles. The molecule has 6 nitrogen and oxygen atoms in total. The van der Waals surface area contributed by atoms with Crippen LogP contribution in [0.4, 0.5) is 0 Å². The second-order valence-corrected chi connectivity index (χ2v) is 6.54. The van der Waals surface area contributed by atoms with Crippen molar-refractivity contribution in [2.45, 2.75) is 32.2 Å². The molecule has 1 amide bonds. The van der Waals surface area contributed by atoms with E-state index in [1.165, 1.54) is 5.56 Å². The molecule has 6 heteroatoms. The number of benzene rings is 2. The highest BCUT2D eigenvalue weighted by Crippen LogP contribution is 2.30. The molecule has 1 aliphatic rings. The number of aromatic nitrogens is 2. The van der Waals surface area contributed by atoms with Crippen LogP contribution in [0.5, 0.6) is 5.75 Å². The molecular weight excluding hydrogens is 330 g/mol. The standard InChI is InChI=1S/C20H19N3O3/c24-17-10-9-12-5-1-2-6-13(12)16(17)11-21-20(26)18-14-7-3-4-8-15(14)19(25)23-22-18/h3-4,7-10,24H,1-2,5-6,11H2,(H,21,26)(H,23,25). The molecular formula is C20H19N3O3. The lowest BCUT2D eigenvalue weighted by Crippen LogP contribution is -2.27. The number of nitrogens with zero attached hydrogens (tertiary/aromatic N) is 1. The number of carbonyl (C=O) groups excluding carboxylic acids is 1. The Hall–Kier alpha value is -3.15. The highest BCUT2D eigenvalue weighted by atomic mass is 16.3. The zero-order chi connectivity index (χ0) is 18.1. The fourth-order valence-electron chi connectivity index (χ4n) is 3.63. The van der Waals surface area contributed by atoms with E-state index in [1.54, 1.807) is 30.3 Å². The van der Waals surface area contributed by atoms with Crippen LogP contribution in [0, 0.1) is 0 Å². The number of nitrogens with one attached hydrogen (secondary N) is 2. The van der Waals surface area contributed by atoms with Gasteiger partial charge in [0.1, 0.15) is 5.75 Å². The van der Waals surface area contributed by atoms with Gasteiger partial charge in [-0.3, -0.25) is 9.59 Å². The van der Waals surface area contributed by atoms with E-state index in [2.05, 4.69) is 15.5 Å². The molecule has 0 saturated carbocycles. The molecule has 3 aromatic rings. The number of aromatic hydroxyl groups is 1. The molecule has 132 valence electrons. The highest BCUT2D eigenvalue weighted by Gasteiger charge is 2.18. The van der Waals surface area contributed by atoms with Gasteiger partial charge in [0.25, 0.3) is 11.5 Å². The van der Waals surface area contributed by atoms with E-state index in [0.717, 1.165) is 36.8 Å². The molecule has 26 heavy (non-hydrogen) atoms. The van der Waals surface area contributed by atoms with Crippen molar-refractivity contribution in [1.29, 1.82) is 0 Å². The highest BCUT2D eigenvalue weighted by molar-refractivity contribution is 6.04. The quantitative estimate of drug-likeness (QED) is 0.677. The van der Waals surface area contributed by atoms with E-state index >= 15 is 0 Å². The summed E-state index contributed by atoms with van der Waals surface area (Å²) in [5, 5.41) is 20.3. The Labute approximate surface area is 149 Å². The van der Waals surface area contributed by atoms with Crippen molar-refractivity contribution in [3.63, 3.8) is 0 Å². The predicted octanol–water partition coefficient (Wildman–Crippen LogP) is 2.44. The van der Waals surface area contributed by atoms with Crippen molar-refractivity contribution in [1.82, 2.24) is 15.5 Å². The molecule has 2 aromatic carbocycles. The Balaban J connectivity index is 1.63. The van der Waals surface area contributed by atoms with Crippen LogP contribution in [0.1, 0.15) is 40.0 Å². The topological polar surface area (TPSA) is 95.1 Å². The van der Waals surface area contributed by atoms with E-state index in [-0.39, 0.29) is 29.5 Å². The van der Waals surface area contributed by atoms with Crippen molar-refractivity contribution < 1.29 is 9.90 Å². The molecule has 0 radical (unpaired) electrons. The third kappa shape index (κ3) is 2.83. The molecule has 0 spiro atoms. The first kappa shape index (κ1) is 16.3. The number of hydrogen-bond donors (Lipinski definition) is 3. The molecule has 0 saturated heterocycles. The molecule has 0 aliphatic heterocycles. The van der Waals surface area contributed by atoms with Gasteiger partial charge in [-0.1, -0.05) is 24.3 Å². The smallest absolute Gasteiger partial charge is 0.272 e. The van der Waals surface area contributed by atoms with Gasteiger partial charge in [-0.2, -0.15) is 5.10 Å². The first-order valence-electron chi connectivity index (χ1n) is 8.73. The Morgan fingerprint density at radius 2 is 1.88 bits per heavy atom. The van der Waals surface area contributed by atoms with E-state index in [1.807, 2.05) is 6.07 Å². The van der Waals surface area contributed by atoms with Crippen LogP contribution in [-0.2, 0) is 19.4 Å². The van der Waals surface area contributed by atoms with E-state index < -0.39 is 0 Å². The Morgan fingerprint density at radius 3 is 2.73 bits per heavy atom. The van der Waals surface area contributed by atoms with Gasteiger partial charge in [0, 0.05) is 17.5 Å². The SMILES string of the molecule is O=C(NCc1c(O)ccc2c1CCCC2)c1n[nH]c(=O)c2ccccc12. The van der Waals surface area contributed by atoms with Gasteiger partial charge in [0.2, 0.25) is 0 Å². The van der Waals surface area contributed by atoms with Crippen molar-refractivity contribution in [2.24, 2.45) is 0 Å². The van der Waals surface area contributed by atoms with Gasteiger partial charge in [-0.25, -0.2) is 5.10 Å². The summed E-state index contributed by atoms with van der Waals surface area (Å²) in [6.07, 6.45) is 4.15. The van der Waals surface area contributed by atoms with Crippen molar-refractivity contribution in [2.75, 3.05) is 0 Å². The maximum absolute atomic E-state index is 12.6. The first-order valence-corrected chi connectivity index (χ1v) is 8.73. The van der Waals surface area contributed by atoms with Crippen LogP contribution >= 0.6 is 0 Å². The number of phenols is 1. The normalized spacial score (nSPS) is 13.4.